The highest BCUT2D eigenvalue weighted by molar-refractivity contribution is 5.29. The maximum absolute atomic E-state index is 6.20. The summed E-state index contributed by atoms with van der Waals surface area (Å²) in [5.74, 6) is 1.59. The Morgan fingerprint density at radius 2 is 1.85 bits per heavy atom. The zero-order chi connectivity index (χ0) is 14.0. The fourth-order valence-corrected chi connectivity index (χ4v) is 3.57. The van der Waals surface area contributed by atoms with Crippen LogP contribution in [-0.2, 0) is 4.74 Å². The molecule has 1 unspecified atom stereocenters. The summed E-state index contributed by atoms with van der Waals surface area (Å²) < 4.78 is 12.3. The first-order valence-corrected chi connectivity index (χ1v) is 8.07. The molecule has 0 N–H and O–H groups in total. The molecule has 1 aromatic rings. The maximum Gasteiger partial charge on any atom is 0.119 e. The number of ether oxygens (including phenoxy) is 2. The topological polar surface area (TPSA) is 18.5 Å². The summed E-state index contributed by atoms with van der Waals surface area (Å²) in [5.41, 5.74) is 1.51. The lowest BCUT2D eigenvalue weighted by Gasteiger charge is -2.38. The summed E-state index contributed by atoms with van der Waals surface area (Å²) in [5, 5.41) is 0. The molecule has 2 fully saturated rings. The van der Waals surface area contributed by atoms with Gasteiger partial charge in [0.2, 0.25) is 0 Å². The third kappa shape index (κ3) is 3.01. The van der Waals surface area contributed by atoms with Crippen molar-refractivity contribution in [2.45, 2.75) is 70.0 Å². The van der Waals surface area contributed by atoms with Gasteiger partial charge in [-0.25, -0.2) is 0 Å². The van der Waals surface area contributed by atoms with Gasteiger partial charge in [0.25, 0.3) is 0 Å². The van der Waals surface area contributed by atoms with Gasteiger partial charge in [-0.05, 0) is 36.5 Å². The highest BCUT2D eigenvalue weighted by Gasteiger charge is 2.40. The molecule has 1 saturated carbocycles. The number of benzene rings is 1. The fraction of sp³-hybridized carbons (Fsp3) is 0.667. The Morgan fingerprint density at radius 3 is 2.50 bits per heavy atom. The molecule has 1 heterocycles. The second-order valence-electron chi connectivity index (χ2n) is 6.69. The zero-order valence-electron chi connectivity index (χ0n) is 12.7. The first kappa shape index (κ1) is 13.9. The van der Waals surface area contributed by atoms with Crippen molar-refractivity contribution in [1.29, 1.82) is 0 Å². The smallest absolute Gasteiger partial charge is 0.119 e. The quantitative estimate of drug-likeness (QED) is 0.796. The molecule has 1 aromatic carbocycles. The van der Waals surface area contributed by atoms with E-state index < -0.39 is 0 Å². The number of rotatable bonds is 3. The van der Waals surface area contributed by atoms with Crippen LogP contribution < -0.4 is 4.74 Å². The van der Waals surface area contributed by atoms with E-state index in [9.17, 15) is 0 Å². The second-order valence-corrected chi connectivity index (χ2v) is 6.69. The molecular formula is C18H26O2. The van der Waals surface area contributed by atoms with Gasteiger partial charge in [0, 0.05) is 12.8 Å². The molecule has 1 aliphatic carbocycles. The van der Waals surface area contributed by atoms with E-state index in [0.717, 1.165) is 25.2 Å². The Balaban J connectivity index is 1.62. The molecule has 2 nitrogen and oxygen atoms in total. The van der Waals surface area contributed by atoms with Gasteiger partial charge in [-0.1, -0.05) is 38.8 Å². The first-order valence-electron chi connectivity index (χ1n) is 8.07. The molecule has 20 heavy (non-hydrogen) atoms. The Morgan fingerprint density at radius 1 is 1.15 bits per heavy atom. The van der Waals surface area contributed by atoms with Crippen LogP contribution >= 0.6 is 0 Å². The Hall–Kier alpha value is -1.02. The van der Waals surface area contributed by atoms with Crippen molar-refractivity contribution in [3.63, 3.8) is 0 Å². The predicted octanol–water partition coefficient (Wildman–Crippen LogP) is 4.68. The molecule has 0 bridgehead atoms. The van der Waals surface area contributed by atoms with Crippen molar-refractivity contribution >= 4 is 0 Å². The van der Waals surface area contributed by atoms with Crippen molar-refractivity contribution in [2.24, 2.45) is 0 Å². The summed E-state index contributed by atoms with van der Waals surface area (Å²) in [6.07, 6.45) is 7.49. The standard InChI is InChI=1S/C18H26O2/c1-14(2)15-5-7-16(8-6-15)20-17-9-12-19-18(13-17)10-3-4-11-18/h5-8,14,17H,3-4,9-13H2,1-2H3. The van der Waals surface area contributed by atoms with Gasteiger partial charge >= 0.3 is 0 Å². The van der Waals surface area contributed by atoms with Crippen LogP contribution in [0.15, 0.2) is 24.3 Å². The van der Waals surface area contributed by atoms with Crippen LogP contribution in [-0.4, -0.2) is 18.3 Å². The third-order valence-electron chi connectivity index (χ3n) is 4.81. The number of hydrogen-bond acceptors (Lipinski definition) is 2. The zero-order valence-corrected chi connectivity index (χ0v) is 12.7. The van der Waals surface area contributed by atoms with Crippen molar-refractivity contribution in [1.82, 2.24) is 0 Å². The Kier molecular flexibility index (Phi) is 4.02. The SMILES string of the molecule is CC(C)c1ccc(OC2CCOC3(CCCC3)C2)cc1. The summed E-state index contributed by atoms with van der Waals surface area (Å²) in [6.45, 7) is 5.30. The van der Waals surface area contributed by atoms with Crippen LogP contribution in [0.4, 0.5) is 0 Å². The van der Waals surface area contributed by atoms with E-state index in [-0.39, 0.29) is 5.60 Å². The minimum Gasteiger partial charge on any atom is -0.490 e. The van der Waals surface area contributed by atoms with Crippen molar-refractivity contribution in [2.75, 3.05) is 6.61 Å². The van der Waals surface area contributed by atoms with Crippen LogP contribution in [0.2, 0.25) is 0 Å². The minimum absolute atomic E-state index is 0.140. The Bertz CT molecular complexity index is 429. The van der Waals surface area contributed by atoms with Crippen LogP contribution in [0.5, 0.6) is 5.75 Å². The lowest BCUT2D eigenvalue weighted by Crippen LogP contribution is -2.41. The lowest BCUT2D eigenvalue weighted by molar-refractivity contribution is -0.108. The van der Waals surface area contributed by atoms with Crippen LogP contribution in [0.25, 0.3) is 0 Å². The fourth-order valence-electron chi connectivity index (χ4n) is 3.57. The number of hydrogen-bond donors (Lipinski definition) is 0. The minimum atomic E-state index is 0.140. The highest BCUT2D eigenvalue weighted by atomic mass is 16.5. The van der Waals surface area contributed by atoms with Gasteiger partial charge in [0.05, 0.1) is 12.2 Å². The van der Waals surface area contributed by atoms with Crippen molar-refractivity contribution < 1.29 is 9.47 Å². The van der Waals surface area contributed by atoms with E-state index in [1.165, 1.54) is 31.2 Å². The molecule has 0 aromatic heterocycles. The molecule has 1 spiro atoms. The lowest BCUT2D eigenvalue weighted by atomic mass is 9.90. The van der Waals surface area contributed by atoms with Crippen LogP contribution in [0, 0.1) is 0 Å². The van der Waals surface area contributed by atoms with Gasteiger partial charge in [-0.2, -0.15) is 0 Å². The van der Waals surface area contributed by atoms with E-state index >= 15 is 0 Å². The maximum atomic E-state index is 6.20. The average molecular weight is 274 g/mol. The summed E-state index contributed by atoms with van der Waals surface area (Å²) in [6, 6.07) is 8.60. The molecule has 110 valence electrons. The van der Waals surface area contributed by atoms with Crippen LogP contribution in [0.3, 0.4) is 0 Å². The molecule has 0 radical (unpaired) electrons. The average Bonchev–Trinajstić information content (AvgIpc) is 2.87. The van der Waals surface area contributed by atoms with Crippen molar-refractivity contribution in [3.8, 4) is 5.75 Å². The second kappa shape index (κ2) is 5.77. The summed E-state index contributed by atoms with van der Waals surface area (Å²) in [7, 11) is 0. The normalized spacial score (nSPS) is 25.2. The van der Waals surface area contributed by atoms with Gasteiger partial charge in [-0.3, -0.25) is 0 Å². The third-order valence-corrected chi connectivity index (χ3v) is 4.81. The van der Waals surface area contributed by atoms with E-state index in [1.807, 2.05) is 0 Å². The van der Waals surface area contributed by atoms with E-state index in [2.05, 4.69) is 38.1 Å². The molecule has 0 amide bonds. The monoisotopic (exact) mass is 274 g/mol. The summed E-state index contributed by atoms with van der Waals surface area (Å²) >= 11 is 0. The molecule has 2 heteroatoms. The largest absolute Gasteiger partial charge is 0.490 e. The van der Waals surface area contributed by atoms with E-state index in [4.69, 9.17) is 9.47 Å². The molecular weight excluding hydrogens is 248 g/mol. The molecule has 1 aliphatic heterocycles. The predicted molar refractivity (Wildman–Crippen MR) is 81.3 cm³/mol. The van der Waals surface area contributed by atoms with Gasteiger partial charge in [-0.15, -0.1) is 0 Å². The molecule has 2 aliphatic rings. The van der Waals surface area contributed by atoms with Gasteiger partial charge in [0.15, 0.2) is 0 Å². The van der Waals surface area contributed by atoms with Crippen molar-refractivity contribution in [3.05, 3.63) is 29.8 Å². The molecule has 3 rings (SSSR count). The first-order chi connectivity index (χ1) is 9.67. The van der Waals surface area contributed by atoms with E-state index in [0.29, 0.717) is 12.0 Å². The van der Waals surface area contributed by atoms with Gasteiger partial charge < -0.3 is 9.47 Å². The molecule has 1 atom stereocenters. The molecule has 1 saturated heterocycles. The Labute approximate surface area is 122 Å². The highest BCUT2D eigenvalue weighted by Crippen LogP contribution is 2.40. The summed E-state index contributed by atoms with van der Waals surface area (Å²) in [4.78, 5) is 0. The van der Waals surface area contributed by atoms with Gasteiger partial charge in [0.1, 0.15) is 11.9 Å². The van der Waals surface area contributed by atoms with Crippen LogP contribution in [0.1, 0.15) is 63.9 Å². The van der Waals surface area contributed by atoms with E-state index in [1.54, 1.807) is 0 Å².